The van der Waals surface area contributed by atoms with Crippen LogP contribution >= 0.6 is 11.3 Å². The van der Waals surface area contributed by atoms with Crippen molar-refractivity contribution >= 4 is 17.3 Å². The minimum absolute atomic E-state index is 0.179. The van der Waals surface area contributed by atoms with Crippen LogP contribution in [0.5, 0.6) is 0 Å². The monoisotopic (exact) mass is 261 g/mol. The maximum atomic E-state index is 11.7. The molecule has 0 saturated carbocycles. The molecule has 4 heteroatoms. The molecule has 0 fully saturated rings. The third kappa shape index (κ3) is 3.17. The van der Waals surface area contributed by atoms with Crippen molar-refractivity contribution in [2.45, 2.75) is 25.9 Å². The predicted molar refractivity (Wildman–Crippen MR) is 71.4 cm³/mol. The normalized spacial score (nSPS) is 12.1. The minimum atomic E-state index is -0.384. The van der Waals surface area contributed by atoms with E-state index < -0.39 is 0 Å². The van der Waals surface area contributed by atoms with Crippen LogP contribution in [0.3, 0.4) is 0 Å². The summed E-state index contributed by atoms with van der Waals surface area (Å²) < 4.78 is 5.53. The quantitative estimate of drug-likeness (QED) is 0.772. The molecule has 0 N–H and O–H groups in total. The second-order valence-corrected chi connectivity index (χ2v) is 4.87. The van der Waals surface area contributed by atoms with Crippen molar-refractivity contribution < 1.29 is 9.53 Å². The number of hydrogen-bond donors (Lipinski definition) is 0. The number of ether oxygens (including phenoxy) is 1. The van der Waals surface area contributed by atoms with Crippen molar-refractivity contribution in [2.24, 2.45) is 0 Å². The van der Waals surface area contributed by atoms with Gasteiger partial charge in [0.15, 0.2) is 6.10 Å². The Hall–Kier alpha value is -1.68. The first-order valence-electron chi connectivity index (χ1n) is 5.95. The summed E-state index contributed by atoms with van der Waals surface area (Å²) in [5.41, 5.74) is 0.768. The molecule has 0 saturated heterocycles. The van der Waals surface area contributed by atoms with E-state index in [1.165, 1.54) is 0 Å². The van der Waals surface area contributed by atoms with Gasteiger partial charge in [0.2, 0.25) is 0 Å². The van der Waals surface area contributed by atoms with Crippen LogP contribution in [0.25, 0.3) is 0 Å². The summed E-state index contributed by atoms with van der Waals surface area (Å²) in [6, 6.07) is 9.54. The van der Waals surface area contributed by atoms with Crippen molar-refractivity contribution in [2.75, 3.05) is 0 Å². The molecule has 0 aliphatic heterocycles. The molecule has 0 spiro atoms. The Morgan fingerprint density at radius 1 is 1.39 bits per heavy atom. The van der Waals surface area contributed by atoms with Crippen LogP contribution in [0.4, 0.5) is 0 Å². The van der Waals surface area contributed by atoms with E-state index >= 15 is 0 Å². The second kappa shape index (κ2) is 6.31. The summed E-state index contributed by atoms with van der Waals surface area (Å²) in [6.07, 6.45) is 2.56. The highest BCUT2D eigenvalue weighted by Crippen LogP contribution is 2.28. The SMILES string of the molecule is CCCC(=O)O[C@@H](c1ccccn1)c1cccs1. The van der Waals surface area contributed by atoms with Crippen LogP contribution in [-0.4, -0.2) is 11.0 Å². The number of carbonyl (C=O) groups is 1. The number of esters is 1. The third-order valence-electron chi connectivity index (χ3n) is 2.46. The van der Waals surface area contributed by atoms with Crippen molar-refractivity contribution in [1.29, 1.82) is 0 Å². The Labute approximate surface area is 110 Å². The number of hydrogen-bond acceptors (Lipinski definition) is 4. The molecule has 18 heavy (non-hydrogen) atoms. The zero-order chi connectivity index (χ0) is 12.8. The van der Waals surface area contributed by atoms with Gasteiger partial charge in [0.25, 0.3) is 0 Å². The van der Waals surface area contributed by atoms with E-state index in [2.05, 4.69) is 4.98 Å². The summed E-state index contributed by atoms with van der Waals surface area (Å²) in [5.74, 6) is -0.179. The van der Waals surface area contributed by atoms with E-state index in [9.17, 15) is 4.79 Å². The number of aromatic nitrogens is 1. The number of thiophene rings is 1. The average molecular weight is 261 g/mol. The van der Waals surface area contributed by atoms with E-state index in [4.69, 9.17) is 4.74 Å². The molecule has 0 unspecified atom stereocenters. The maximum absolute atomic E-state index is 11.7. The summed E-state index contributed by atoms with van der Waals surface area (Å²) >= 11 is 1.57. The van der Waals surface area contributed by atoms with E-state index in [1.54, 1.807) is 17.5 Å². The molecule has 0 aromatic carbocycles. The Kier molecular flexibility index (Phi) is 4.47. The molecule has 0 amide bonds. The number of carbonyl (C=O) groups excluding carboxylic acids is 1. The Bertz CT molecular complexity index is 482. The van der Waals surface area contributed by atoms with Gasteiger partial charge in [-0.15, -0.1) is 11.3 Å². The fourth-order valence-corrected chi connectivity index (χ4v) is 2.39. The Morgan fingerprint density at radius 2 is 2.28 bits per heavy atom. The number of rotatable bonds is 5. The van der Waals surface area contributed by atoms with Crippen molar-refractivity contribution in [1.82, 2.24) is 4.98 Å². The molecule has 0 aliphatic carbocycles. The molecule has 3 nitrogen and oxygen atoms in total. The Balaban J connectivity index is 2.22. The molecule has 1 atom stereocenters. The lowest BCUT2D eigenvalue weighted by Crippen LogP contribution is -2.12. The smallest absolute Gasteiger partial charge is 0.306 e. The van der Waals surface area contributed by atoms with Crippen LogP contribution in [0.15, 0.2) is 41.9 Å². The zero-order valence-electron chi connectivity index (χ0n) is 10.2. The highest BCUT2D eigenvalue weighted by atomic mass is 32.1. The summed E-state index contributed by atoms with van der Waals surface area (Å²) in [6.45, 7) is 1.96. The van der Waals surface area contributed by atoms with E-state index in [0.717, 1.165) is 17.0 Å². The summed E-state index contributed by atoms with van der Waals surface area (Å²) in [4.78, 5) is 17.0. The fourth-order valence-electron chi connectivity index (χ4n) is 1.63. The van der Waals surface area contributed by atoms with Gasteiger partial charge < -0.3 is 4.74 Å². The van der Waals surface area contributed by atoms with Crippen LogP contribution < -0.4 is 0 Å². The highest BCUT2D eigenvalue weighted by molar-refractivity contribution is 7.10. The second-order valence-electron chi connectivity index (χ2n) is 3.89. The van der Waals surface area contributed by atoms with Crippen molar-refractivity contribution in [3.8, 4) is 0 Å². The maximum Gasteiger partial charge on any atom is 0.306 e. The molecule has 2 aromatic heterocycles. The van der Waals surface area contributed by atoms with Crippen LogP contribution in [0, 0.1) is 0 Å². The molecule has 2 heterocycles. The van der Waals surface area contributed by atoms with Crippen LogP contribution in [0.2, 0.25) is 0 Å². The summed E-state index contributed by atoms with van der Waals surface area (Å²) in [7, 11) is 0. The molecule has 2 aromatic rings. The standard InChI is InChI=1S/C14H15NO2S/c1-2-6-13(16)17-14(12-8-5-10-18-12)11-7-3-4-9-15-11/h3-5,7-10,14H,2,6H2,1H3/t14-/m0/s1. The van der Waals surface area contributed by atoms with E-state index in [-0.39, 0.29) is 12.1 Å². The Morgan fingerprint density at radius 3 is 2.89 bits per heavy atom. The molecular formula is C14H15NO2S. The largest absolute Gasteiger partial charge is 0.450 e. The van der Waals surface area contributed by atoms with Gasteiger partial charge in [-0.3, -0.25) is 9.78 Å². The molecule has 2 rings (SSSR count). The highest BCUT2D eigenvalue weighted by Gasteiger charge is 2.20. The number of pyridine rings is 1. The van der Waals surface area contributed by atoms with Crippen molar-refractivity contribution in [3.05, 3.63) is 52.5 Å². The third-order valence-corrected chi connectivity index (χ3v) is 3.38. The molecule has 94 valence electrons. The van der Waals surface area contributed by atoms with Gasteiger partial charge in [0.05, 0.1) is 10.6 Å². The van der Waals surface area contributed by atoms with Crippen LogP contribution in [0.1, 0.15) is 36.4 Å². The lowest BCUT2D eigenvalue weighted by molar-refractivity contribution is -0.147. The average Bonchev–Trinajstić information content (AvgIpc) is 2.91. The van der Waals surface area contributed by atoms with Gasteiger partial charge in [-0.25, -0.2) is 0 Å². The van der Waals surface area contributed by atoms with Gasteiger partial charge in [0.1, 0.15) is 0 Å². The predicted octanol–water partition coefficient (Wildman–Crippen LogP) is 3.58. The number of nitrogens with zero attached hydrogens (tertiary/aromatic N) is 1. The lowest BCUT2D eigenvalue weighted by atomic mass is 10.2. The van der Waals surface area contributed by atoms with Gasteiger partial charge in [0, 0.05) is 12.6 Å². The fraction of sp³-hybridized carbons (Fsp3) is 0.286. The lowest BCUT2D eigenvalue weighted by Gasteiger charge is -2.15. The molecule has 0 bridgehead atoms. The molecule has 0 aliphatic rings. The van der Waals surface area contributed by atoms with Gasteiger partial charge >= 0.3 is 5.97 Å². The first kappa shape index (κ1) is 12.8. The van der Waals surface area contributed by atoms with E-state index in [1.807, 2.05) is 42.6 Å². The first-order chi connectivity index (χ1) is 8.81. The van der Waals surface area contributed by atoms with E-state index in [0.29, 0.717) is 6.42 Å². The van der Waals surface area contributed by atoms with Gasteiger partial charge in [-0.2, -0.15) is 0 Å². The molecular weight excluding hydrogens is 246 g/mol. The topological polar surface area (TPSA) is 39.2 Å². The van der Waals surface area contributed by atoms with Crippen molar-refractivity contribution in [3.63, 3.8) is 0 Å². The van der Waals surface area contributed by atoms with Gasteiger partial charge in [-0.05, 0) is 30.0 Å². The first-order valence-corrected chi connectivity index (χ1v) is 6.83. The van der Waals surface area contributed by atoms with Gasteiger partial charge in [-0.1, -0.05) is 19.1 Å². The van der Waals surface area contributed by atoms with Crippen LogP contribution in [-0.2, 0) is 9.53 Å². The molecule has 0 radical (unpaired) electrons. The minimum Gasteiger partial charge on any atom is -0.450 e. The zero-order valence-corrected chi connectivity index (χ0v) is 11.0. The summed E-state index contributed by atoms with van der Waals surface area (Å²) in [5, 5.41) is 1.97.